The molecule has 0 saturated heterocycles. The summed E-state index contributed by atoms with van der Waals surface area (Å²) in [6.07, 6.45) is 0. The number of phenols is 1. The maximum atomic E-state index is 11.5. The zero-order valence-electron chi connectivity index (χ0n) is 8.43. The van der Waals surface area contributed by atoms with Gasteiger partial charge in [0, 0.05) is 17.5 Å². The third kappa shape index (κ3) is 2.31. The lowest BCUT2D eigenvalue weighted by atomic mass is 10.0. The normalized spacial score (nSPS) is 10.3. The van der Waals surface area contributed by atoms with Crippen LogP contribution < -0.4 is 0 Å². The summed E-state index contributed by atoms with van der Waals surface area (Å²) in [5, 5.41) is 19.7. The van der Waals surface area contributed by atoms with Crippen molar-refractivity contribution in [2.45, 2.75) is 13.8 Å². The fourth-order valence-corrected chi connectivity index (χ4v) is 1.16. The Morgan fingerprint density at radius 1 is 1.47 bits per heavy atom. The second-order valence-corrected chi connectivity index (χ2v) is 3.48. The Morgan fingerprint density at radius 3 is 2.53 bits per heavy atom. The molecule has 0 heterocycles. The summed E-state index contributed by atoms with van der Waals surface area (Å²) in [4.78, 5) is 21.3. The molecule has 1 aromatic rings. The molecule has 0 atom stereocenters. The molecule has 1 rings (SSSR count). The van der Waals surface area contributed by atoms with E-state index in [-0.39, 0.29) is 17.3 Å². The fourth-order valence-electron chi connectivity index (χ4n) is 1.16. The highest BCUT2D eigenvalue weighted by atomic mass is 16.6. The molecular formula is C10H11NO4. The van der Waals surface area contributed by atoms with Gasteiger partial charge in [0.15, 0.2) is 11.5 Å². The lowest BCUT2D eigenvalue weighted by Gasteiger charge is -2.04. The smallest absolute Gasteiger partial charge is 0.311 e. The van der Waals surface area contributed by atoms with E-state index in [2.05, 4.69) is 0 Å². The van der Waals surface area contributed by atoms with Crippen LogP contribution in [0.2, 0.25) is 0 Å². The minimum atomic E-state index is -0.716. The van der Waals surface area contributed by atoms with E-state index in [1.54, 1.807) is 13.8 Å². The van der Waals surface area contributed by atoms with E-state index in [0.717, 1.165) is 12.1 Å². The number of nitro benzene ring substituents is 1. The highest BCUT2D eigenvalue weighted by Gasteiger charge is 2.18. The Kier molecular flexibility index (Phi) is 3.04. The van der Waals surface area contributed by atoms with Gasteiger partial charge in [-0.1, -0.05) is 13.8 Å². The van der Waals surface area contributed by atoms with Crippen LogP contribution in [0, 0.1) is 16.0 Å². The molecule has 0 amide bonds. The van der Waals surface area contributed by atoms with Gasteiger partial charge in [-0.2, -0.15) is 0 Å². The summed E-state index contributed by atoms with van der Waals surface area (Å²) >= 11 is 0. The van der Waals surface area contributed by atoms with Gasteiger partial charge in [0.2, 0.25) is 0 Å². The molecular weight excluding hydrogens is 198 g/mol. The third-order valence-corrected chi connectivity index (χ3v) is 1.98. The number of phenolic OH excluding ortho intramolecular Hbond substituents is 1. The van der Waals surface area contributed by atoms with E-state index in [1.165, 1.54) is 6.07 Å². The number of rotatable bonds is 3. The van der Waals surface area contributed by atoms with Crippen LogP contribution in [0.1, 0.15) is 24.2 Å². The van der Waals surface area contributed by atoms with Crippen LogP contribution in [0.15, 0.2) is 18.2 Å². The average molecular weight is 209 g/mol. The Morgan fingerprint density at radius 2 is 2.07 bits per heavy atom. The molecule has 80 valence electrons. The Labute approximate surface area is 86.5 Å². The minimum Gasteiger partial charge on any atom is -0.502 e. The molecule has 0 spiro atoms. The number of nitro groups is 1. The van der Waals surface area contributed by atoms with Crippen molar-refractivity contribution in [3.8, 4) is 5.75 Å². The number of hydrogen-bond donors (Lipinski definition) is 1. The van der Waals surface area contributed by atoms with Crippen molar-refractivity contribution in [1.29, 1.82) is 0 Å². The molecule has 5 heteroatoms. The predicted molar refractivity (Wildman–Crippen MR) is 53.9 cm³/mol. The summed E-state index contributed by atoms with van der Waals surface area (Å²) in [6, 6.07) is 3.64. The summed E-state index contributed by atoms with van der Waals surface area (Å²) < 4.78 is 0. The van der Waals surface area contributed by atoms with Gasteiger partial charge in [0.05, 0.1) is 4.92 Å². The second-order valence-electron chi connectivity index (χ2n) is 3.48. The maximum absolute atomic E-state index is 11.5. The molecule has 0 fully saturated rings. The van der Waals surface area contributed by atoms with Crippen molar-refractivity contribution < 1.29 is 14.8 Å². The molecule has 0 aliphatic rings. The van der Waals surface area contributed by atoms with Crippen LogP contribution in [0.3, 0.4) is 0 Å². The average Bonchev–Trinajstić information content (AvgIpc) is 2.16. The number of nitrogens with zero attached hydrogens (tertiary/aromatic N) is 1. The standard InChI is InChI=1S/C10H11NO4/c1-6(2)10(13)7-3-4-9(12)8(5-7)11(14)15/h3-6,12H,1-2H3. The summed E-state index contributed by atoms with van der Waals surface area (Å²) in [5.74, 6) is -0.840. The van der Waals surface area contributed by atoms with Crippen LogP contribution in [0.4, 0.5) is 5.69 Å². The molecule has 0 saturated carbocycles. The molecule has 5 nitrogen and oxygen atoms in total. The van der Waals surface area contributed by atoms with E-state index >= 15 is 0 Å². The van der Waals surface area contributed by atoms with Gasteiger partial charge in [-0.15, -0.1) is 0 Å². The molecule has 0 aromatic heterocycles. The van der Waals surface area contributed by atoms with Crippen LogP contribution in [0.5, 0.6) is 5.75 Å². The second kappa shape index (κ2) is 4.08. The van der Waals surface area contributed by atoms with Crippen molar-refractivity contribution in [3.05, 3.63) is 33.9 Å². The van der Waals surface area contributed by atoms with Crippen LogP contribution in [-0.4, -0.2) is 15.8 Å². The van der Waals surface area contributed by atoms with Gasteiger partial charge >= 0.3 is 5.69 Å². The molecule has 1 aromatic carbocycles. The number of carbonyl (C=O) groups is 1. The summed E-state index contributed by atoms with van der Waals surface area (Å²) in [6.45, 7) is 3.42. The molecule has 1 N–H and O–H groups in total. The van der Waals surface area contributed by atoms with Gasteiger partial charge in [-0.25, -0.2) is 0 Å². The Bertz CT molecular complexity index is 412. The van der Waals surface area contributed by atoms with Crippen molar-refractivity contribution in [3.63, 3.8) is 0 Å². The lowest BCUT2D eigenvalue weighted by molar-refractivity contribution is -0.385. The van der Waals surface area contributed by atoms with Crippen molar-refractivity contribution >= 4 is 11.5 Å². The first-order valence-electron chi connectivity index (χ1n) is 4.45. The number of ketones is 1. The van der Waals surface area contributed by atoms with E-state index in [0.29, 0.717) is 0 Å². The van der Waals surface area contributed by atoms with Crippen LogP contribution in [-0.2, 0) is 0 Å². The zero-order valence-corrected chi connectivity index (χ0v) is 8.43. The lowest BCUT2D eigenvalue weighted by Crippen LogP contribution is -2.07. The predicted octanol–water partition coefficient (Wildman–Crippen LogP) is 2.14. The molecule has 0 unspecified atom stereocenters. The first kappa shape index (κ1) is 11.2. The largest absolute Gasteiger partial charge is 0.502 e. The number of hydrogen-bond acceptors (Lipinski definition) is 4. The zero-order chi connectivity index (χ0) is 11.6. The van der Waals surface area contributed by atoms with Gasteiger partial charge in [0.25, 0.3) is 0 Å². The van der Waals surface area contributed by atoms with Crippen LogP contribution >= 0.6 is 0 Å². The van der Waals surface area contributed by atoms with E-state index in [1.807, 2.05) is 0 Å². The SMILES string of the molecule is CC(C)C(=O)c1ccc(O)c([N+](=O)[O-])c1. The van der Waals surface area contributed by atoms with Crippen molar-refractivity contribution in [1.82, 2.24) is 0 Å². The quantitative estimate of drug-likeness (QED) is 0.469. The van der Waals surface area contributed by atoms with Gasteiger partial charge in [-0.3, -0.25) is 14.9 Å². The van der Waals surface area contributed by atoms with Gasteiger partial charge in [-0.05, 0) is 12.1 Å². The number of Topliss-reactive ketones (excluding diaryl/α,β-unsaturated/α-hetero) is 1. The molecule has 0 aliphatic carbocycles. The van der Waals surface area contributed by atoms with E-state index in [4.69, 9.17) is 0 Å². The third-order valence-electron chi connectivity index (χ3n) is 1.98. The Balaban J connectivity index is 3.19. The highest BCUT2D eigenvalue weighted by Crippen LogP contribution is 2.27. The maximum Gasteiger partial charge on any atom is 0.311 e. The van der Waals surface area contributed by atoms with Crippen molar-refractivity contribution in [2.24, 2.45) is 5.92 Å². The first-order valence-corrected chi connectivity index (χ1v) is 4.45. The van der Waals surface area contributed by atoms with Crippen LogP contribution in [0.25, 0.3) is 0 Å². The fraction of sp³-hybridized carbons (Fsp3) is 0.300. The topological polar surface area (TPSA) is 80.4 Å². The molecule has 0 bridgehead atoms. The molecule has 0 aliphatic heterocycles. The monoisotopic (exact) mass is 209 g/mol. The summed E-state index contributed by atoms with van der Waals surface area (Å²) in [7, 11) is 0. The number of aromatic hydroxyl groups is 1. The number of carbonyl (C=O) groups excluding carboxylic acids is 1. The minimum absolute atomic E-state index is 0.182. The first-order chi connectivity index (χ1) is 6.93. The van der Waals surface area contributed by atoms with Gasteiger partial charge in [0.1, 0.15) is 0 Å². The summed E-state index contributed by atoms with van der Waals surface area (Å²) in [5.41, 5.74) is -0.198. The van der Waals surface area contributed by atoms with E-state index in [9.17, 15) is 20.0 Å². The molecule has 0 radical (unpaired) electrons. The van der Waals surface area contributed by atoms with Gasteiger partial charge < -0.3 is 5.11 Å². The number of benzene rings is 1. The molecule has 15 heavy (non-hydrogen) atoms. The van der Waals surface area contributed by atoms with Crippen molar-refractivity contribution in [2.75, 3.05) is 0 Å². The Hall–Kier alpha value is -1.91. The highest BCUT2D eigenvalue weighted by molar-refractivity contribution is 5.98. The van der Waals surface area contributed by atoms with E-state index < -0.39 is 16.4 Å².